The van der Waals surface area contributed by atoms with E-state index in [0.717, 1.165) is 5.56 Å². The van der Waals surface area contributed by atoms with Gasteiger partial charge in [0.2, 0.25) is 0 Å². The average Bonchev–Trinajstić information content (AvgIpc) is 2.03. The third-order valence-corrected chi connectivity index (χ3v) is 2.01. The summed E-state index contributed by atoms with van der Waals surface area (Å²) in [5.74, 6) is -0.00198. The highest BCUT2D eigenvalue weighted by molar-refractivity contribution is 5.76. The fourth-order valence-electron chi connectivity index (χ4n) is 1.36. The third kappa shape index (κ3) is 2.98. The Morgan fingerprint density at radius 1 is 1.54 bits per heavy atom. The first-order valence-electron chi connectivity index (χ1n) is 4.34. The zero-order chi connectivity index (χ0) is 9.84. The van der Waals surface area contributed by atoms with Gasteiger partial charge in [-0.1, -0.05) is 19.1 Å². The van der Waals surface area contributed by atoms with Crippen LogP contribution in [0, 0.1) is 5.82 Å². The minimum atomic E-state index is -0.243. The predicted octanol–water partition coefficient (Wildman–Crippen LogP) is 2.91. The molecule has 0 saturated heterocycles. The largest absolute Gasteiger partial charge is 0.300 e. The average molecular weight is 180 g/mol. The van der Waals surface area contributed by atoms with Crippen LogP contribution in [0.3, 0.4) is 0 Å². The highest BCUT2D eigenvalue weighted by Crippen LogP contribution is 2.19. The van der Waals surface area contributed by atoms with Crippen LogP contribution in [-0.4, -0.2) is 5.78 Å². The van der Waals surface area contributed by atoms with Crippen LogP contribution in [0.2, 0.25) is 0 Å². The number of rotatable bonds is 3. The highest BCUT2D eigenvalue weighted by atomic mass is 19.1. The molecular formula is C11H13FO. The Morgan fingerprint density at radius 2 is 2.23 bits per heavy atom. The molecule has 1 aromatic rings. The van der Waals surface area contributed by atoms with Crippen LogP contribution >= 0.6 is 0 Å². The maximum absolute atomic E-state index is 12.8. The molecule has 0 heterocycles. The number of halogens is 1. The quantitative estimate of drug-likeness (QED) is 0.699. The van der Waals surface area contributed by atoms with Gasteiger partial charge >= 0.3 is 0 Å². The summed E-state index contributed by atoms with van der Waals surface area (Å²) < 4.78 is 12.8. The Bertz CT molecular complexity index is 307. The van der Waals surface area contributed by atoms with Gasteiger partial charge in [0, 0.05) is 6.42 Å². The molecule has 0 aromatic heterocycles. The molecule has 0 aliphatic carbocycles. The monoisotopic (exact) mass is 180 g/mol. The van der Waals surface area contributed by atoms with Crippen molar-refractivity contribution in [2.75, 3.05) is 0 Å². The Labute approximate surface area is 77.6 Å². The SMILES string of the molecule is CC(=O)C[C@@H](C)c1cccc(F)c1. The summed E-state index contributed by atoms with van der Waals surface area (Å²) in [7, 11) is 0. The van der Waals surface area contributed by atoms with Gasteiger partial charge in [-0.2, -0.15) is 0 Å². The molecule has 0 N–H and O–H groups in total. The molecule has 1 rings (SSSR count). The van der Waals surface area contributed by atoms with Gasteiger partial charge < -0.3 is 4.79 Å². The fourth-order valence-corrected chi connectivity index (χ4v) is 1.36. The molecule has 0 fully saturated rings. The van der Waals surface area contributed by atoms with Crippen LogP contribution in [0.4, 0.5) is 4.39 Å². The molecule has 1 nitrogen and oxygen atoms in total. The Balaban J connectivity index is 2.76. The normalized spacial score (nSPS) is 12.5. The molecule has 2 heteroatoms. The van der Waals surface area contributed by atoms with Gasteiger partial charge in [-0.05, 0) is 30.5 Å². The summed E-state index contributed by atoms with van der Waals surface area (Å²) >= 11 is 0. The Hall–Kier alpha value is -1.18. The first-order chi connectivity index (χ1) is 6.09. The van der Waals surface area contributed by atoms with Crippen LogP contribution in [-0.2, 0) is 4.79 Å². The number of carbonyl (C=O) groups is 1. The summed E-state index contributed by atoms with van der Waals surface area (Å²) in [6, 6.07) is 6.40. The number of benzene rings is 1. The van der Waals surface area contributed by atoms with E-state index in [2.05, 4.69) is 0 Å². The summed E-state index contributed by atoms with van der Waals surface area (Å²) in [5.41, 5.74) is 0.884. The van der Waals surface area contributed by atoms with E-state index in [9.17, 15) is 9.18 Å². The molecule has 0 bridgehead atoms. The lowest BCUT2D eigenvalue weighted by atomic mass is 9.96. The maximum atomic E-state index is 12.8. The van der Waals surface area contributed by atoms with Gasteiger partial charge in [-0.25, -0.2) is 4.39 Å². The third-order valence-electron chi connectivity index (χ3n) is 2.01. The molecule has 0 unspecified atom stereocenters. The molecule has 1 aromatic carbocycles. The van der Waals surface area contributed by atoms with E-state index >= 15 is 0 Å². The van der Waals surface area contributed by atoms with Gasteiger partial charge in [0.1, 0.15) is 11.6 Å². The summed E-state index contributed by atoms with van der Waals surface area (Å²) in [5, 5.41) is 0. The number of Topliss-reactive ketones (excluding diaryl/α,β-unsaturated/α-hetero) is 1. The predicted molar refractivity (Wildman–Crippen MR) is 50.1 cm³/mol. The van der Waals surface area contributed by atoms with Crippen molar-refractivity contribution in [3.05, 3.63) is 35.6 Å². The number of hydrogen-bond donors (Lipinski definition) is 0. The minimum Gasteiger partial charge on any atom is -0.300 e. The first kappa shape index (κ1) is 9.90. The van der Waals surface area contributed by atoms with Crippen molar-refractivity contribution in [1.29, 1.82) is 0 Å². The maximum Gasteiger partial charge on any atom is 0.130 e. The zero-order valence-corrected chi connectivity index (χ0v) is 7.88. The van der Waals surface area contributed by atoms with Crippen LogP contribution in [0.15, 0.2) is 24.3 Å². The van der Waals surface area contributed by atoms with Crippen LogP contribution in [0.1, 0.15) is 31.7 Å². The van der Waals surface area contributed by atoms with E-state index in [-0.39, 0.29) is 17.5 Å². The molecular weight excluding hydrogens is 167 g/mol. The van der Waals surface area contributed by atoms with Crippen molar-refractivity contribution in [3.8, 4) is 0 Å². The minimum absolute atomic E-state index is 0.105. The Morgan fingerprint density at radius 3 is 2.77 bits per heavy atom. The van der Waals surface area contributed by atoms with E-state index in [1.165, 1.54) is 12.1 Å². The van der Waals surface area contributed by atoms with Crippen molar-refractivity contribution < 1.29 is 9.18 Å². The molecule has 0 aliphatic heterocycles. The first-order valence-corrected chi connectivity index (χ1v) is 4.34. The van der Waals surface area contributed by atoms with E-state index in [1.54, 1.807) is 13.0 Å². The lowest BCUT2D eigenvalue weighted by Crippen LogP contribution is -2.00. The molecule has 0 aliphatic rings. The van der Waals surface area contributed by atoms with E-state index in [4.69, 9.17) is 0 Å². The second-order valence-electron chi connectivity index (χ2n) is 3.36. The van der Waals surface area contributed by atoms with Crippen LogP contribution in [0.5, 0.6) is 0 Å². The van der Waals surface area contributed by atoms with Crippen molar-refractivity contribution >= 4 is 5.78 Å². The van der Waals surface area contributed by atoms with E-state index < -0.39 is 0 Å². The van der Waals surface area contributed by atoms with Gasteiger partial charge in [0.05, 0.1) is 0 Å². The van der Waals surface area contributed by atoms with Gasteiger partial charge in [-0.3, -0.25) is 0 Å². The molecule has 0 spiro atoms. The molecule has 0 saturated carbocycles. The lowest BCUT2D eigenvalue weighted by molar-refractivity contribution is -0.117. The fraction of sp³-hybridized carbons (Fsp3) is 0.364. The number of ketones is 1. The van der Waals surface area contributed by atoms with Crippen LogP contribution in [0.25, 0.3) is 0 Å². The van der Waals surface area contributed by atoms with Gasteiger partial charge in [-0.15, -0.1) is 0 Å². The zero-order valence-electron chi connectivity index (χ0n) is 7.88. The number of hydrogen-bond acceptors (Lipinski definition) is 1. The molecule has 70 valence electrons. The van der Waals surface area contributed by atoms with Crippen LogP contribution < -0.4 is 0 Å². The highest BCUT2D eigenvalue weighted by Gasteiger charge is 2.08. The van der Waals surface area contributed by atoms with Crippen molar-refractivity contribution in [2.45, 2.75) is 26.2 Å². The second-order valence-corrected chi connectivity index (χ2v) is 3.36. The van der Waals surface area contributed by atoms with E-state index in [1.807, 2.05) is 13.0 Å². The summed E-state index contributed by atoms with van der Waals surface area (Å²) in [6.45, 7) is 3.48. The van der Waals surface area contributed by atoms with Gasteiger partial charge in [0.15, 0.2) is 0 Å². The number of carbonyl (C=O) groups excluding carboxylic acids is 1. The standard InChI is InChI=1S/C11H13FO/c1-8(6-9(2)13)10-4-3-5-11(12)7-10/h3-5,7-8H,6H2,1-2H3/t8-/m1/s1. The van der Waals surface area contributed by atoms with Gasteiger partial charge in [0.25, 0.3) is 0 Å². The Kier molecular flexibility index (Phi) is 3.18. The molecule has 13 heavy (non-hydrogen) atoms. The van der Waals surface area contributed by atoms with E-state index in [0.29, 0.717) is 6.42 Å². The molecule has 0 amide bonds. The van der Waals surface area contributed by atoms with Crippen molar-refractivity contribution in [2.24, 2.45) is 0 Å². The molecule has 1 atom stereocenters. The summed E-state index contributed by atoms with van der Waals surface area (Å²) in [4.78, 5) is 10.8. The molecule has 0 radical (unpaired) electrons. The smallest absolute Gasteiger partial charge is 0.130 e. The second kappa shape index (κ2) is 4.17. The van der Waals surface area contributed by atoms with Crippen molar-refractivity contribution in [1.82, 2.24) is 0 Å². The summed E-state index contributed by atoms with van der Waals surface area (Å²) in [6.07, 6.45) is 0.476. The van der Waals surface area contributed by atoms with Crippen molar-refractivity contribution in [3.63, 3.8) is 0 Å². The lowest BCUT2D eigenvalue weighted by Gasteiger charge is -2.08. The topological polar surface area (TPSA) is 17.1 Å².